The third-order valence-electron chi connectivity index (χ3n) is 4.90. The molecule has 1 fully saturated rings. The van der Waals surface area contributed by atoms with E-state index in [1.54, 1.807) is 20.8 Å². The van der Waals surface area contributed by atoms with E-state index in [9.17, 15) is 13.2 Å². The van der Waals surface area contributed by atoms with E-state index in [4.69, 9.17) is 0 Å². The van der Waals surface area contributed by atoms with Crippen LogP contribution in [0.25, 0.3) is 10.6 Å². The van der Waals surface area contributed by atoms with Gasteiger partial charge in [0.2, 0.25) is 21.1 Å². The number of sulfonamides is 1. The number of nitrogens with zero attached hydrogens (tertiary/aromatic N) is 2. The monoisotopic (exact) mass is 422 g/mol. The second-order valence-electron chi connectivity index (χ2n) is 8.05. The predicted molar refractivity (Wildman–Crippen MR) is 112 cm³/mol. The molecule has 1 aromatic carbocycles. The van der Waals surface area contributed by atoms with Crippen molar-refractivity contribution in [2.24, 2.45) is 5.92 Å². The van der Waals surface area contributed by atoms with Gasteiger partial charge in [0.05, 0.1) is 4.75 Å². The van der Waals surface area contributed by atoms with E-state index in [1.165, 1.54) is 11.3 Å². The molecule has 7 nitrogen and oxygen atoms in total. The van der Waals surface area contributed by atoms with Crippen LogP contribution in [0.15, 0.2) is 30.3 Å². The summed E-state index contributed by atoms with van der Waals surface area (Å²) in [5.41, 5.74) is 0.965. The fourth-order valence-corrected chi connectivity index (χ4v) is 4.83. The zero-order chi connectivity index (χ0) is 20.4. The Balaban J connectivity index is 1.53. The summed E-state index contributed by atoms with van der Waals surface area (Å²) in [6.07, 6.45) is 2.60. The summed E-state index contributed by atoms with van der Waals surface area (Å²) >= 11 is 1.34. The number of carbonyl (C=O) groups is 1. The molecule has 0 spiro atoms. The highest BCUT2D eigenvalue weighted by Gasteiger charge is 2.34. The van der Waals surface area contributed by atoms with Gasteiger partial charge in [0.25, 0.3) is 0 Å². The molecule has 3 rings (SSSR count). The van der Waals surface area contributed by atoms with Gasteiger partial charge in [0, 0.05) is 17.5 Å². The minimum absolute atomic E-state index is 0.0760. The van der Waals surface area contributed by atoms with Crippen LogP contribution in [-0.2, 0) is 14.8 Å². The number of carbonyl (C=O) groups excluding carboxylic acids is 1. The molecule has 1 aliphatic rings. The van der Waals surface area contributed by atoms with Gasteiger partial charge < -0.3 is 5.32 Å². The first-order valence-corrected chi connectivity index (χ1v) is 11.7. The zero-order valence-electron chi connectivity index (χ0n) is 16.3. The van der Waals surface area contributed by atoms with Crippen molar-refractivity contribution in [2.45, 2.75) is 57.2 Å². The van der Waals surface area contributed by atoms with E-state index < -0.39 is 14.8 Å². The van der Waals surface area contributed by atoms with Crippen molar-refractivity contribution in [3.8, 4) is 10.6 Å². The first kappa shape index (κ1) is 20.9. The number of amides is 1. The lowest BCUT2D eigenvalue weighted by Crippen LogP contribution is -2.46. The van der Waals surface area contributed by atoms with E-state index >= 15 is 0 Å². The van der Waals surface area contributed by atoms with Gasteiger partial charge in [-0.15, -0.1) is 10.2 Å². The van der Waals surface area contributed by atoms with Crippen molar-refractivity contribution in [2.75, 3.05) is 5.32 Å². The van der Waals surface area contributed by atoms with Crippen LogP contribution in [0.1, 0.15) is 46.5 Å². The maximum Gasteiger partial charge on any atom is 0.229 e. The predicted octanol–water partition coefficient (Wildman–Crippen LogP) is 3.42. The summed E-state index contributed by atoms with van der Waals surface area (Å²) in [6.45, 7) is 5.04. The van der Waals surface area contributed by atoms with Gasteiger partial charge in [-0.05, 0) is 46.5 Å². The number of hydrogen-bond donors (Lipinski definition) is 2. The van der Waals surface area contributed by atoms with E-state index in [0.717, 1.165) is 10.6 Å². The summed E-state index contributed by atoms with van der Waals surface area (Å²) < 4.78 is 26.5. The van der Waals surface area contributed by atoms with Crippen LogP contribution in [0.4, 0.5) is 5.13 Å². The molecule has 1 amide bonds. The molecule has 1 heterocycles. The molecule has 0 saturated heterocycles. The van der Waals surface area contributed by atoms with Crippen molar-refractivity contribution in [1.82, 2.24) is 14.9 Å². The molecule has 0 unspecified atom stereocenters. The normalized spacial score (nSPS) is 20.7. The van der Waals surface area contributed by atoms with Crippen LogP contribution >= 0.6 is 11.3 Å². The van der Waals surface area contributed by atoms with E-state index in [2.05, 4.69) is 20.2 Å². The summed E-state index contributed by atoms with van der Waals surface area (Å²) in [5.74, 6) is -0.215. The van der Waals surface area contributed by atoms with Crippen LogP contribution in [0, 0.1) is 5.92 Å². The van der Waals surface area contributed by atoms with Gasteiger partial charge in [-0.1, -0.05) is 41.7 Å². The Morgan fingerprint density at radius 3 is 2.32 bits per heavy atom. The highest BCUT2D eigenvalue weighted by Crippen LogP contribution is 2.29. The molecule has 1 aromatic heterocycles. The lowest BCUT2D eigenvalue weighted by atomic mass is 9.86. The van der Waals surface area contributed by atoms with Gasteiger partial charge in [0.15, 0.2) is 0 Å². The Hall–Kier alpha value is -1.84. The summed E-state index contributed by atoms with van der Waals surface area (Å²) in [5, 5.41) is 12.3. The van der Waals surface area contributed by atoms with E-state index in [0.29, 0.717) is 30.8 Å². The maximum absolute atomic E-state index is 12.6. The minimum atomic E-state index is -3.37. The molecular weight excluding hydrogens is 396 g/mol. The SMILES string of the molecule is CC(C)(C)S(=O)(=O)NC1CCC(C(=O)Nc2nnc(-c3ccccc3)s2)CC1. The number of hydrogen-bond acceptors (Lipinski definition) is 6. The molecule has 1 aliphatic carbocycles. The smallest absolute Gasteiger partial charge is 0.229 e. The molecule has 152 valence electrons. The standard InChI is InChI=1S/C19H26N4O3S2/c1-19(2,3)28(25,26)23-15-11-9-13(10-12-15)16(24)20-18-22-21-17(27-18)14-7-5-4-6-8-14/h4-8,13,15,23H,9-12H2,1-3H3,(H,20,22,24). The van der Waals surface area contributed by atoms with Gasteiger partial charge >= 0.3 is 0 Å². The number of anilines is 1. The van der Waals surface area contributed by atoms with Crippen molar-refractivity contribution < 1.29 is 13.2 Å². The van der Waals surface area contributed by atoms with Gasteiger partial charge in [-0.2, -0.15) is 0 Å². The average Bonchev–Trinajstić information content (AvgIpc) is 3.10. The van der Waals surface area contributed by atoms with Crippen molar-refractivity contribution in [1.29, 1.82) is 0 Å². The third kappa shape index (κ3) is 4.95. The Kier molecular flexibility index (Phi) is 6.16. The van der Waals surface area contributed by atoms with E-state index in [-0.39, 0.29) is 17.9 Å². The van der Waals surface area contributed by atoms with Crippen LogP contribution in [0.3, 0.4) is 0 Å². The van der Waals surface area contributed by atoms with Crippen molar-refractivity contribution in [3.05, 3.63) is 30.3 Å². The summed E-state index contributed by atoms with van der Waals surface area (Å²) in [6, 6.07) is 9.59. The zero-order valence-corrected chi connectivity index (χ0v) is 17.9. The summed E-state index contributed by atoms with van der Waals surface area (Å²) in [4.78, 5) is 12.6. The number of benzene rings is 1. The van der Waals surface area contributed by atoms with Crippen molar-refractivity contribution >= 4 is 32.4 Å². The molecule has 0 atom stereocenters. The minimum Gasteiger partial charge on any atom is -0.300 e. The molecule has 1 saturated carbocycles. The Labute approximate surface area is 170 Å². The Morgan fingerprint density at radius 2 is 1.71 bits per heavy atom. The lowest BCUT2D eigenvalue weighted by Gasteiger charge is -2.30. The lowest BCUT2D eigenvalue weighted by molar-refractivity contribution is -0.120. The molecule has 0 aliphatic heterocycles. The maximum atomic E-state index is 12.6. The first-order valence-electron chi connectivity index (χ1n) is 9.37. The number of rotatable bonds is 5. The average molecular weight is 423 g/mol. The van der Waals surface area contributed by atoms with Gasteiger partial charge in [0.1, 0.15) is 5.01 Å². The second-order valence-corrected chi connectivity index (χ2v) is 11.5. The Bertz CT molecular complexity index is 912. The molecule has 0 radical (unpaired) electrons. The topological polar surface area (TPSA) is 101 Å². The fourth-order valence-electron chi connectivity index (χ4n) is 3.05. The van der Waals surface area contributed by atoms with Crippen LogP contribution in [0.5, 0.6) is 0 Å². The van der Waals surface area contributed by atoms with E-state index in [1.807, 2.05) is 30.3 Å². The molecule has 0 bridgehead atoms. The fraction of sp³-hybridized carbons (Fsp3) is 0.526. The van der Waals surface area contributed by atoms with Crippen molar-refractivity contribution in [3.63, 3.8) is 0 Å². The second kappa shape index (κ2) is 8.26. The number of nitrogens with one attached hydrogen (secondary N) is 2. The highest BCUT2D eigenvalue weighted by atomic mass is 32.2. The number of aromatic nitrogens is 2. The molecule has 9 heteroatoms. The molecular formula is C19H26N4O3S2. The molecule has 2 N–H and O–H groups in total. The van der Waals surface area contributed by atoms with Gasteiger partial charge in [-0.3, -0.25) is 4.79 Å². The largest absolute Gasteiger partial charge is 0.300 e. The first-order chi connectivity index (χ1) is 13.2. The molecule has 2 aromatic rings. The Morgan fingerprint density at radius 1 is 1.07 bits per heavy atom. The highest BCUT2D eigenvalue weighted by molar-refractivity contribution is 7.90. The third-order valence-corrected chi connectivity index (χ3v) is 8.05. The quantitative estimate of drug-likeness (QED) is 0.769. The molecule has 28 heavy (non-hydrogen) atoms. The summed E-state index contributed by atoms with van der Waals surface area (Å²) in [7, 11) is -3.37. The van der Waals surface area contributed by atoms with Crippen LogP contribution < -0.4 is 10.0 Å². The van der Waals surface area contributed by atoms with Crippen LogP contribution in [-0.4, -0.2) is 35.3 Å². The van der Waals surface area contributed by atoms with Gasteiger partial charge in [-0.25, -0.2) is 13.1 Å². The van der Waals surface area contributed by atoms with Crippen LogP contribution in [0.2, 0.25) is 0 Å².